The van der Waals surface area contributed by atoms with E-state index in [1.54, 1.807) is 4.90 Å². The first-order valence-electron chi connectivity index (χ1n) is 8.92. The Bertz CT molecular complexity index is 699. The molecule has 0 aliphatic carbocycles. The summed E-state index contributed by atoms with van der Waals surface area (Å²) in [5, 5.41) is 2.26. The van der Waals surface area contributed by atoms with Gasteiger partial charge in [-0.3, -0.25) is 14.4 Å². The molecule has 0 spiro atoms. The molecular weight excluding hydrogens is 352 g/mol. The van der Waals surface area contributed by atoms with Crippen LogP contribution in [0.15, 0.2) is 29.2 Å². The number of benzene rings is 1. The summed E-state index contributed by atoms with van der Waals surface area (Å²) < 4.78 is 5.14. The first-order chi connectivity index (χ1) is 12.4. The number of hydrogen-bond donors (Lipinski definition) is 1. The number of amides is 2. The molecule has 0 aromatic heterocycles. The molecular formula is C19H24N2O4S. The first-order valence-corrected chi connectivity index (χ1v) is 9.80. The van der Waals surface area contributed by atoms with E-state index in [0.29, 0.717) is 24.9 Å². The van der Waals surface area contributed by atoms with E-state index < -0.39 is 11.2 Å². The van der Waals surface area contributed by atoms with E-state index in [1.165, 1.54) is 11.8 Å². The predicted molar refractivity (Wildman–Crippen MR) is 99.8 cm³/mol. The maximum atomic E-state index is 12.3. The summed E-state index contributed by atoms with van der Waals surface area (Å²) in [5.74, 6) is 0.0172. The quantitative estimate of drug-likeness (QED) is 0.818. The lowest BCUT2D eigenvalue weighted by molar-refractivity contribution is -0.153. The van der Waals surface area contributed by atoms with Crippen LogP contribution < -0.4 is 5.32 Å². The molecule has 26 heavy (non-hydrogen) atoms. The van der Waals surface area contributed by atoms with Crippen LogP contribution in [0.25, 0.3) is 0 Å². The van der Waals surface area contributed by atoms with Crippen LogP contribution in [0.5, 0.6) is 0 Å². The third-order valence-electron chi connectivity index (χ3n) is 4.64. The summed E-state index contributed by atoms with van der Waals surface area (Å²) in [6.07, 6.45) is 1.06. The van der Waals surface area contributed by atoms with Crippen molar-refractivity contribution < 1.29 is 19.1 Å². The Morgan fingerprint density at radius 1 is 1.23 bits per heavy atom. The fourth-order valence-electron chi connectivity index (χ4n) is 3.54. The number of nitrogens with zero attached hydrogens (tertiary/aromatic N) is 1. The molecule has 0 saturated carbocycles. The number of piperidine rings is 1. The molecule has 6 nitrogen and oxygen atoms in total. The van der Waals surface area contributed by atoms with Crippen LogP contribution in [0.1, 0.15) is 26.7 Å². The first kappa shape index (κ1) is 18.8. The zero-order chi connectivity index (χ0) is 18.7. The van der Waals surface area contributed by atoms with Crippen LogP contribution in [0.2, 0.25) is 0 Å². The predicted octanol–water partition coefficient (Wildman–Crippen LogP) is 2.54. The minimum absolute atomic E-state index is 0.0507. The average Bonchev–Trinajstić information content (AvgIpc) is 2.59. The molecule has 2 heterocycles. The highest BCUT2D eigenvalue weighted by atomic mass is 32.2. The van der Waals surface area contributed by atoms with Gasteiger partial charge in [0.1, 0.15) is 0 Å². The number of carbonyl (C=O) groups excluding carboxylic acids is 3. The topological polar surface area (TPSA) is 75.7 Å². The number of fused-ring (bicyclic) bond motifs is 1. The Balaban J connectivity index is 1.48. The van der Waals surface area contributed by atoms with Crippen molar-refractivity contribution in [1.29, 1.82) is 0 Å². The van der Waals surface area contributed by atoms with Gasteiger partial charge in [-0.1, -0.05) is 26.0 Å². The molecule has 2 amide bonds. The van der Waals surface area contributed by atoms with E-state index >= 15 is 0 Å². The summed E-state index contributed by atoms with van der Waals surface area (Å²) in [7, 11) is 0. The molecule has 2 aliphatic rings. The molecule has 1 N–H and O–H groups in total. The van der Waals surface area contributed by atoms with Crippen LogP contribution in [-0.2, 0) is 19.1 Å². The Hall–Kier alpha value is -2.02. The van der Waals surface area contributed by atoms with Crippen molar-refractivity contribution >= 4 is 35.2 Å². The van der Waals surface area contributed by atoms with E-state index in [2.05, 4.69) is 19.2 Å². The lowest BCUT2D eigenvalue weighted by Crippen LogP contribution is -2.44. The van der Waals surface area contributed by atoms with Crippen molar-refractivity contribution in [3.63, 3.8) is 0 Å². The number of thioether (sulfide) groups is 1. The second-order valence-electron chi connectivity index (χ2n) is 7.20. The zero-order valence-electron chi connectivity index (χ0n) is 15.1. The van der Waals surface area contributed by atoms with Crippen molar-refractivity contribution in [3.05, 3.63) is 24.3 Å². The average molecular weight is 376 g/mol. The van der Waals surface area contributed by atoms with Gasteiger partial charge in [0.25, 0.3) is 5.91 Å². The van der Waals surface area contributed by atoms with Gasteiger partial charge in [0.05, 0.1) is 17.4 Å². The molecule has 1 aromatic carbocycles. The van der Waals surface area contributed by atoms with Gasteiger partial charge in [-0.05, 0) is 30.4 Å². The summed E-state index contributed by atoms with van der Waals surface area (Å²) in [6.45, 7) is 5.40. The highest BCUT2D eigenvalue weighted by molar-refractivity contribution is 8.01. The van der Waals surface area contributed by atoms with Gasteiger partial charge in [0, 0.05) is 18.0 Å². The van der Waals surface area contributed by atoms with Crippen molar-refractivity contribution in [2.45, 2.75) is 36.8 Å². The number of likely N-dealkylation sites (tertiary alicyclic amines) is 1. The number of anilines is 1. The van der Waals surface area contributed by atoms with E-state index in [0.717, 1.165) is 17.0 Å². The Morgan fingerprint density at radius 2 is 1.92 bits per heavy atom. The second kappa shape index (κ2) is 8.12. The summed E-state index contributed by atoms with van der Waals surface area (Å²) in [5.41, 5.74) is 0.760. The molecule has 0 bridgehead atoms. The van der Waals surface area contributed by atoms with Crippen LogP contribution in [0, 0.1) is 11.8 Å². The minimum atomic E-state index is -0.539. The van der Waals surface area contributed by atoms with Gasteiger partial charge in [-0.15, -0.1) is 11.8 Å². The summed E-state index contributed by atoms with van der Waals surface area (Å²) in [4.78, 5) is 39.2. The largest absolute Gasteiger partial charge is 0.456 e. The van der Waals surface area contributed by atoms with Crippen LogP contribution in [-0.4, -0.2) is 47.6 Å². The lowest BCUT2D eigenvalue weighted by Gasteiger charge is -2.34. The van der Waals surface area contributed by atoms with Gasteiger partial charge in [-0.25, -0.2) is 0 Å². The lowest BCUT2D eigenvalue weighted by atomic mass is 9.92. The van der Waals surface area contributed by atoms with Crippen molar-refractivity contribution in [1.82, 2.24) is 4.90 Å². The third-order valence-corrected chi connectivity index (χ3v) is 5.91. The number of nitrogens with one attached hydrogen (secondary N) is 1. The van der Waals surface area contributed by atoms with Crippen molar-refractivity contribution in [2.75, 3.05) is 25.0 Å². The molecule has 0 unspecified atom stereocenters. The van der Waals surface area contributed by atoms with Crippen molar-refractivity contribution in [3.8, 4) is 0 Å². The maximum Gasteiger partial charge on any atom is 0.307 e. The SMILES string of the molecule is C[C@@H]1C[C@@H](C)CN(C(=O)COC(=O)C[C@H]2Sc3ccccc3NC2=O)C1. The highest BCUT2D eigenvalue weighted by Crippen LogP contribution is 2.36. The van der Waals surface area contributed by atoms with Crippen LogP contribution in [0.4, 0.5) is 5.69 Å². The van der Waals surface area contributed by atoms with E-state index in [-0.39, 0.29) is 24.8 Å². The molecule has 3 atom stereocenters. The molecule has 1 saturated heterocycles. The Morgan fingerprint density at radius 3 is 2.65 bits per heavy atom. The van der Waals surface area contributed by atoms with E-state index in [9.17, 15) is 14.4 Å². The summed E-state index contributed by atoms with van der Waals surface area (Å²) >= 11 is 1.35. The number of esters is 1. The van der Waals surface area contributed by atoms with Gasteiger partial charge < -0.3 is 15.0 Å². The number of hydrogen-bond acceptors (Lipinski definition) is 5. The molecule has 3 rings (SSSR count). The fraction of sp³-hybridized carbons (Fsp3) is 0.526. The molecule has 7 heteroatoms. The van der Waals surface area contributed by atoms with Crippen LogP contribution >= 0.6 is 11.8 Å². The molecule has 140 valence electrons. The molecule has 1 aromatic rings. The van der Waals surface area contributed by atoms with Gasteiger partial charge >= 0.3 is 5.97 Å². The smallest absolute Gasteiger partial charge is 0.307 e. The van der Waals surface area contributed by atoms with Gasteiger partial charge in [0.2, 0.25) is 5.91 Å². The zero-order valence-corrected chi connectivity index (χ0v) is 15.9. The van der Waals surface area contributed by atoms with E-state index in [4.69, 9.17) is 4.74 Å². The summed E-state index contributed by atoms with van der Waals surface area (Å²) in [6, 6.07) is 7.47. The highest BCUT2D eigenvalue weighted by Gasteiger charge is 2.30. The normalized spacial score (nSPS) is 25.2. The van der Waals surface area contributed by atoms with Crippen LogP contribution in [0.3, 0.4) is 0 Å². The number of para-hydroxylation sites is 1. The monoisotopic (exact) mass is 376 g/mol. The minimum Gasteiger partial charge on any atom is -0.456 e. The van der Waals surface area contributed by atoms with Crippen molar-refractivity contribution in [2.24, 2.45) is 11.8 Å². The van der Waals surface area contributed by atoms with E-state index in [1.807, 2.05) is 24.3 Å². The number of carbonyl (C=O) groups is 3. The standard InChI is InChI=1S/C19H24N2O4S/c1-12-7-13(2)10-21(9-12)17(22)11-25-18(23)8-16-19(24)20-14-5-3-4-6-15(14)26-16/h3-6,12-13,16H,7-11H2,1-2H3,(H,20,24)/t12-,13-,16-/m1/s1. The van der Waals surface area contributed by atoms with Gasteiger partial charge in [-0.2, -0.15) is 0 Å². The molecule has 2 aliphatic heterocycles. The van der Waals surface area contributed by atoms with Gasteiger partial charge in [0.15, 0.2) is 6.61 Å². The Kier molecular flexibility index (Phi) is 5.86. The molecule has 0 radical (unpaired) electrons. The second-order valence-corrected chi connectivity index (χ2v) is 8.45. The number of rotatable bonds is 4. The fourth-order valence-corrected chi connectivity index (χ4v) is 4.63. The Labute approximate surface area is 157 Å². The maximum absolute atomic E-state index is 12.3. The number of ether oxygens (including phenoxy) is 1. The molecule has 1 fully saturated rings. The third kappa shape index (κ3) is 4.58.